The summed E-state index contributed by atoms with van der Waals surface area (Å²) in [5.74, 6) is -0.350. The average Bonchev–Trinajstić information content (AvgIpc) is 2.79. The summed E-state index contributed by atoms with van der Waals surface area (Å²) in [7, 11) is -1.32. The van der Waals surface area contributed by atoms with Crippen molar-refractivity contribution in [3.63, 3.8) is 0 Å². The number of rotatable bonds is 5. The van der Waals surface area contributed by atoms with E-state index in [1.807, 2.05) is 0 Å². The molecule has 1 aliphatic heterocycles. The van der Waals surface area contributed by atoms with Crippen LogP contribution in [0.15, 0.2) is 0 Å². The van der Waals surface area contributed by atoms with Crippen molar-refractivity contribution < 1.29 is 19.9 Å². The maximum Gasteiger partial charge on any atom is 0.451 e. The zero-order chi connectivity index (χ0) is 13.3. The molecule has 0 aromatic carbocycles. The van der Waals surface area contributed by atoms with Crippen molar-refractivity contribution in [2.75, 3.05) is 13.1 Å². The highest BCUT2D eigenvalue weighted by Gasteiger charge is 2.56. The van der Waals surface area contributed by atoms with Crippen LogP contribution in [-0.2, 0) is 4.79 Å². The third-order valence-electron chi connectivity index (χ3n) is 4.55. The Hall–Kier alpha value is -0.625. The topological polar surface area (TPSA) is 116 Å². The number of hydrogen-bond acceptors (Lipinski definition) is 5. The van der Waals surface area contributed by atoms with Crippen molar-refractivity contribution in [3.05, 3.63) is 0 Å². The van der Waals surface area contributed by atoms with Crippen molar-refractivity contribution >= 4 is 13.1 Å². The number of carboxylic acids is 1. The molecule has 1 aliphatic carbocycles. The molecule has 2 fully saturated rings. The molecule has 1 saturated heterocycles. The van der Waals surface area contributed by atoms with Gasteiger partial charge in [-0.15, -0.1) is 0 Å². The first-order chi connectivity index (χ1) is 8.45. The van der Waals surface area contributed by atoms with E-state index in [1.165, 1.54) is 0 Å². The van der Waals surface area contributed by atoms with Gasteiger partial charge >= 0.3 is 13.1 Å². The Kier molecular flexibility index (Phi) is 3.96. The van der Waals surface area contributed by atoms with Gasteiger partial charge in [-0.25, -0.2) is 0 Å². The van der Waals surface area contributed by atoms with Gasteiger partial charge in [0, 0.05) is 0 Å². The van der Waals surface area contributed by atoms with Gasteiger partial charge in [0.1, 0.15) is 5.54 Å². The van der Waals surface area contributed by atoms with Gasteiger partial charge in [0.05, 0.1) is 0 Å². The maximum absolute atomic E-state index is 11.4. The molecule has 0 bridgehead atoms. The Morgan fingerprint density at radius 1 is 1.44 bits per heavy atom. The smallest absolute Gasteiger partial charge is 0.451 e. The highest BCUT2D eigenvalue weighted by atomic mass is 16.4. The third-order valence-corrected chi connectivity index (χ3v) is 4.55. The van der Waals surface area contributed by atoms with E-state index in [9.17, 15) is 9.90 Å². The predicted octanol–water partition coefficient (Wildman–Crippen LogP) is -1.12. The quantitative estimate of drug-likeness (QED) is 0.398. The van der Waals surface area contributed by atoms with Gasteiger partial charge in [0.25, 0.3) is 0 Å². The molecule has 1 saturated carbocycles. The SMILES string of the molecule is NC1(C(=O)O)C[C@H]2CNC[C@H]2C1CCCB(O)O. The molecule has 0 amide bonds. The van der Waals surface area contributed by atoms with Crippen LogP contribution in [0.2, 0.25) is 6.32 Å². The van der Waals surface area contributed by atoms with Crippen LogP contribution < -0.4 is 11.1 Å². The fourth-order valence-electron chi connectivity index (χ4n) is 3.65. The van der Waals surface area contributed by atoms with Gasteiger partial charge in [-0.1, -0.05) is 6.42 Å². The second-order valence-electron chi connectivity index (χ2n) is 5.65. The number of carbonyl (C=O) groups is 1. The summed E-state index contributed by atoms with van der Waals surface area (Å²) in [5, 5.41) is 30.3. The van der Waals surface area contributed by atoms with Crippen LogP contribution in [0.4, 0.5) is 0 Å². The lowest BCUT2D eigenvalue weighted by molar-refractivity contribution is -0.145. The van der Waals surface area contributed by atoms with Crippen molar-refractivity contribution in [1.29, 1.82) is 0 Å². The average molecular weight is 256 g/mol. The Morgan fingerprint density at radius 3 is 2.78 bits per heavy atom. The minimum Gasteiger partial charge on any atom is -0.480 e. The Labute approximate surface area is 107 Å². The van der Waals surface area contributed by atoms with Crippen molar-refractivity contribution in [3.8, 4) is 0 Å². The van der Waals surface area contributed by atoms with Gasteiger partial charge < -0.3 is 26.2 Å². The van der Waals surface area contributed by atoms with E-state index in [0.717, 1.165) is 13.1 Å². The molecule has 0 radical (unpaired) electrons. The summed E-state index contributed by atoms with van der Waals surface area (Å²) in [4.78, 5) is 11.4. The minimum absolute atomic E-state index is 0.0752. The number of fused-ring (bicyclic) bond motifs is 1. The van der Waals surface area contributed by atoms with Crippen LogP contribution in [0.25, 0.3) is 0 Å². The van der Waals surface area contributed by atoms with Gasteiger partial charge in [-0.2, -0.15) is 0 Å². The molecular weight excluding hydrogens is 235 g/mol. The van der Waals surface area contributed by atoms with Crippen LogP contribution in [-0.4, -0.2) is 46.9 Å². The van der Waals surface area contributed by atoms with E-state index in [1.54, 1.807) is 0 Å². The summed E-state index contributed by atoms with van der Waals surface area (Å²) in [5.41, 5.74) is 4.96. The molecule has 4 atom stereocenters. The van der Waals surface area contributed by atoms with Gasteiger partial charge in [0.15, 0.2) is 0 Å². The van der Waals surface area contributed by atoms with E-state index in [0.29, 0.717) is 31.1 Å². The highest BCUT2D eigenvalue weighted by Crippen LogP contribution is 2.47. The monoisotopic (exact) mass is 256 g/mol. The Balaban J connectivity index is 2.04. The molecular formula is C11H21BN2O4. The van der Waals surface area contributed by atoms with Crippen LogP contribution in [0.3, 0.4) is 0 Å². The van der Waals surface area contributed by atoms with Crippen molar-refractivity contribution in [2.45, 2.75) is 31.1 Å². The number of nitrogens with two attached hydrogens (primary N) is 1. The molecule has 102 valence electrons. The van der Waals surface area contributed by atoms with Crippen LogP contribution in [0.1, 0.15) is 19.3 Å². The van der Waals surface area contributed by atoms with Crippen LogP contribution >= 0.6 is 0 Å². The largest absolute Gasteiger partial charge is 0.480 e. The standard InChI is InChI=1S/C11H21BN2O4/c13-11(10(15)16)4-7-5-14-6-8(7)9(11)2-1-3-12(17)18/h7-9,14,17-18H,1-6,13H2,(H,15,16)/t7-,8+,9?,11?/m0/s1. The van der Waals surface area contributed by atoms with E-state index < -0.39 is 18.6 Å². The van der Waals surface area contributed by atoms with Crippen LogP contribution in [0.5, 0.6) is 0 Å². The minimum atomic E-state index is -1.32. The van der Waals surface area contributed by atoms with E-state index >= 15 is 0 Å². The molecule has 1 heterocycles. The highest BCUT2D eigenvalue weighted by molar-refractivity contribution is 6.40. The van der Waals surface area contributed by atoms with E-state index in [4.69, 9.17) is 15.8 Å². The molecule has 0 aromatic heterocycles. The fourth-order valence-corrected chi connectivity index (χ4v) is 3.65. The summed E-state index contributed by atoms with van der Waals surface area (Å²) in [6.07, 6.45) is 2.03. The maximum atomic E-state index is 11.4. The van der Waals surface area contributed by atoms with Gasteiger partial charge in [0.2, 0.25) is 0 Å². The Bertz CT molecular complexity index is 328. The van der Waals surface area contributed by atoms with Gasteiger partial charge in [-0.3, -0.25) is 4.79 Å². The van der Waals surface area contributed by atoms with E-state index in [2.05, 4.69) is 5.32 Å². The lowest BCUT2D eigenvalue weighted by Crippen LogP contribution is -2.53. The van der Waals surface area contributed by atoms with Gasteiger partial charge in [-0.05, 0) is 50.0 Å². The molecule has 0 spiro atoms. The Morgan fingerprint density at radius 2 is 2.17 bits per heavy atom. The number of nitrogens with one attached hydrogen (secondary N) is 1. The molecule has 2 rings (SSSR count). The zero-order valence-corrected chi connectivity index (χ0v) is 10.4. The van der Waals surface area contributed by atoms with Crippen molar-refractivity contribution in [2.24, 2.45) is 23.5 Å². The molecule has 2 unspecified atom stereocenters. The van der Waals surface area contributed by atoms with E-state index in [-0.39, 0.29) is 12.2 Å². The molecule has 7 heteroatoms. The molecule has 0 aromatic rings. The summed E-state index contributed by atoms with van der Waals surface area (Å²) < 4.78 is 0. The molecule has 2 aliphatic rings. The number of aliphatic carboxylic acids is 1. The first-order valence-electron chi connectivity index (χ1n) is 6.54. The number of hydrogen-bond donors (Lipinski definition) is 5. The third kappa shape index (κ3) is 2.40. The van der Waals surface area contributed by atoms with Crippen LogP contribution in [0, 0.1) is 17.8 Å². The zero-order valence-electron chi connectivity index (χ0n) is 10.4. The normalized spacial score (nSPS) is 38.7. The predicted molar refractivity (Wildman–Crippen MR) is 66.7 cm³/mol. The first-order valence-corrected chi connectivity index (χ1v) is 6.54. The summed E-state index contributed by atoms with van der Waals surface area (Å²) >= 11 is 0. The molecule has 6 N–H and O–H groups in total. The lowest BCUT2D eigenvalue weighted by atomic mass is 9.76. The summed E-state index contributed by atoms with van der Waals surface area (Å²) in [6.45, 7) is 1.67. The second-order valence-corrected chi connectivity index (χ2v) is 5.65. The molecule has 6 nitrogen and oxygen atoms in total. The van der Waals surface area contributed by atoms with Crippen molar-refractivity contribution in [1.82, 2.24) is 5.32 Å². The first kappa shape index (κ1) is 13.8. The molecule has 18 heavy (non-hydrogen) atoms. The summed E-state index contributed by atoms with van der Waals surface area (Å²) in [6, 6.07) is 0. The number of carboxylic acid groups (broad SMARTS) is 1. The lowest BCUT2D eigenvalue weighted by Gasteiger charge is -2.30. The fraction of sp³-hybridized carbons (Fsp3) is 0.909. The second kappa shape index (κ2) is 5.17.